The van der Waals surface area contributed by atoms with Crippen LogP contribution in [0.25, 0.3) is 22.3 Å². The zero-order valence-electron chi connectivity index (χ0n) is 26.8. The number of carbonyl (C=O) groups excluding carboxylic acids is 2. The van der Waals surface area contributed by atoms with Gasteiger partial charge in [-0.2, -0.15) is 4.90 Å². The van der Waals surface area contributed by atoms with Crippen LogP contribution in [0.1, 0.15) is 62.3 Å². The number of amides is 2. The van der Waals surface area contributed by atoms with E-state index in [0.717, 1.165) is 10.5 Å². The monoisotopic (exact) mass is 595 g/mol. The van der Waals surface area contributed by atoms with Crippen LogP contribution in [-0.4, -0.2) is 54.9 Å². The SMILES string of the molecule is CC(C)(C)OC(=O)N(C(=O)OC(C)(C)C)c1ccc(-c2cnc3cc(OCCO[Si](C)(C)C(C)(C)C)ccc3n2)cc1. The van der Waals surface area contributed by atoms with Crippen LogP contribution < -0.4 is 9.64 Å². The van der Waals surface area contributed by atoms with Gasteiger partial charge in [-0.3, -0.25) is 4.98 Å². The molecule has 0 aliphatic carbocycles. The predicted molar refractivity (Wildman–Crippen MR) is 169 cm³/mol. The first-order chi connectivity index (χ1) is 19.3. The smallest absolute Gasteiger partial charge is 0.424 e. The Hall–Kier alpha value is -3.50. The number of benzene rings is 2. The third-order valence-electron chi connectivity index (χ3n) is 6.71. The number of imide groups is 1. The summed E-state index contributed by atoms with van der Waals surface area (Å²) in [4.78, 5) is 36.1. The Morgan fingerprint density at radius 1 is 0.786 bits per heavy atom. The van der Waals surface area contributed by atoms with Gasteiger partial charge < -0.3 is 18.6 Å². The molecule has 0 fully saturated rings. The second-order valence-electron chi connectivity index (χ2n) is 13.7. The Labute approximate surface area is 250 Å². The summed E-state index contributed by atoms with van der Waals surface area (Å²) in [5.41, 5.74) is 1.57. The fourth-order valence-electron chi connectivity index (χ4n) is 3.57. The van der Waals surface area contributed by atoms with Crippen molar-refractivity contribution in [3.63, 3.8) is 0 Å². The maximum Gasteiger partial charge on any atom is 0.424 e. The van der Waals surface area contributed by atoms with Crippen LogP contribution in [0.2, 0.25) is 18.1 Å². The van der Waals surface area contributed by atoms with Crippen molar-refractivity contribution in [1.29, 1.82) is 0 Å². The van der Waals surface area contributed by atoms with Gasteiger partial charge >= 0.3 is 12.2 Å². The average molecular weight is 596 g/mol. The number of carbonyl (C=O) groups is 2. The number of rotatable bonds is 7. The highest BCUT2D eigenvalue weighted by atomic mass is 28.4. The van der Waals surface area contributed by atoms with E-state index in [1.807, 2.05) is 18.2 Å². The highest BCUT2D eigenvalue weighted by Crippen LogP contribution is 2.36. The van der Waals surface area contributed by atoms with Gasteiger partial charge in [0.05, 0.1) is 35.2 Å². The van der Waals surface area contributed by atoms with E-state index < -0.39 is 31.7 Å². The number of fused-ring (bicyclic) bond motifs is 1. The lowest BCUT2D eigenvalue weighted by Gasteiger charge is -2.36. The van der Waals surface area contributed by atoms with Crippen molar-refractivity contribution in [2.24, 2.45) is 0 Å². The van der Waals surface area contributed by atoms with Gasteiger partial charge in [0, 0.05) is 11.6 Å². The molecule has 10 heteroatoms. The maximum absolute atomic E-state index is 12.9. The standard InChI is InChI=1S/C32H45N3O6Si/c1-30(2,3)40-28(36)35(29(37)41-31(4,5)6)23-14-12-22(13-15-23)27-21-33-26-20-24(16-17-25(26)34-27)38-18-19-39-42(10,11)32(7,8)9/h12-17,20-21H,18-19H2,1-11H3. The van der Waals surface area contributed by atoms with E-state index in [-0.39, 0.29) is 5.04 Å². The summed E-state index contributed by atoms with van der Waals surface area (Å²) >= 11 is 0. The molecule has 2 amide bonds. The first-order valence-electron chi connectivity index (χ1n) is 14.2. The highest BCUT2D eigenvalue weighted by Gasteiger charge is 2.37. The molecule has 0 atom stereocenters. The summed E-state index contributed by atoms with van der Waals surface area (Å²) in [6, 6.07) is 12.4. The van der Waals surface area contributed by atoms with Gasteiger partial charge in [-0.05, 0) is 83.9 Å². The summed E-state index contributed by atoms with van der Waals surface area (Å²) in [5, 5.41) is 0.152. The van der Waals surface area contributed by atoms with E-state index in [1.54, 1.807) is 72.0 Å². The molecule has 0 unspecified atom stereocenters. The lowest BCUT2D eigenvalue weighted by Crippen LogP contribution is -2.43. The molecule has 0 N–H and O–H groups in total. The Kier molecular flexibility index (Phi) is 9.73. The summed E-state index contributed by atoms with van der Waals surface area (Å²) in [6.07, 6.45) is 0.0421. The predicted octanol–water partition coefficient (Wildman–Crippen LogP) is 8.37. The number of nitrogens with zero attached hydrogens (tertiary/aromatic N) is 3. The molecule has 1 aromatic heterocycles. The highest BCUT2D eigenvalue weighted by molar-refractivity contribution is 6.74. The first kappa shape index (κ1) is 33.0. The maximum atomic E-state index is 12.9. The molecule has 42 heavy (non-hydrogen) atoms. The number of ether oxygens (including phenoxy) is 3. The van der Waals surface area contributed by atoms with Crippen molar-refractivity contribution < 1.29 is 28.2 Å². The van der Waals surface area contributed by atoms with Gasteiger partial charge in [-0.1, -0.05) is 32.9 Å². The van der Waals surface area contributed by atoms with Gasteiger partial charge in [0.2, 0.25) is 0 Å². The van der Waals surface area contributed by atoms with E-state index in [4.69, 9.17) is 23.6 Å². The molecule has 0 bridgehead atoms. The van der Waals surface area contributed by atoms with Gasteiger partial charge in [0.25, 0.3) is 0 Å². The molecule has 3 rings (SSSR count). The van der Waals surface area contributed by atoms with Crippen LogP contribution in [0.15, 0.2) is 48.7 Å². The lowest BCUT2D eigenvalue weighted by molar-refractivity contribution is 0.0430. The molecular formula is C32H45N3O6Si. The van der Waals surface area contributed by atoms with E-state index in [9.17, 15) is 9.59 Å². The summed E-state index contributed by atoms with van der Waals surface area (Å²) in [7, 11) is -1.82. The molecule has 9 nitrogen and oxygen atoms in total. The Bertz CT molecular complexity index is 1370. The zero-order chi connectivity index (χ0) is 31.5. The van der Waals surface area contributed by atoms with Crippen molar-refractivity contribution in [2.75, 3.05) is 18.1 Å². The molecule has 228 valence electrons. The first-order valence-corrected chi connectivity index (χ1v) is 17.1. The van der Waals surface area contributed by atoms with E-state index >= 15 is 0 Å². The topological polar surface area (TPSA) is 100 Å². The number of aromatic nitrogens is 2. The van der Waals surface area contributed by atoms with Crippen LogP contribution in [0, 0.1) is 0 Å². The fraction of sp³-hybridized carbons (Fsp3) is 0.500. The van der Waals surface area contributed by atoms with Gasteiger partial charge in [0.1, 0.15) is 23.6 Å². The van der Waals surface area contributed by atoms with Crippen LogP contribution in [0.3, 0.4) is 0 Å². The minimum atomic E-state index is -1.82. The van der Waals surface area contributed by atoms with Gasteiger partial charge in [0.15, 0.2) is 8.32 Å². The molecule has 1 heterocycles. The molecule has 0 saturated carbocycles. The van der Waals surface area contributed by atoms with Crippen LogP contribution >= 0.6 is 0 Å². The minimum Gasteiger partial charge on any atom is -0.491 e. The molecule has 0 aliphatic rings. The normalized spacial score (nSPS) is 12.6. The quantitative estimate of drug-likeness (QED) is 0.198. The van der Waals surface area contributed by atoms with Gasteiger partial charge in [-0.25, -0.2) is 14.6 Å². The third-order valence-corrected chi connectivity index (χ3v) is 11.2. The van der Waals surface area contributed by atoms with Crippen molar-refractivity contribution >= 4 is 37.2 Å². The van der Waals surface area contributed by atoms with E-state index in [2.05, 4.69) is 38.8 Å². The minimum absolute atomic E-state index is 0.152. The van der Waals surface area contributed by atoms with Crippen LogP contribution in [0.4, 0.5) is 15.3 Å². The third kappa shape index (κ3) is 9.00. The molecule has 0 aliphatic heterocycles. The number of hydrogen-bond donors (Lipinski definition) is 0. The van der Waals surface area contributed by atoms with Crippen LogP contribution in [0.5, 0.6) is 5.75 Å². The number of hydrogen-bond acceptors (Lipinski definition) is 8. The molecular weight excluding hydrogens is 550 g/mol. The molecule has 3 aromatic rings. The second-order valence-corrected chi connectivity index (χ2v) is 18.5. The van der Waals surface area contributed by atoms with Crippen molar-refractivity contribution in [2.45, 2.75) is 91.6 Å². The number of anilines is 1. The summed E-state index contributed by atoms with van der Waals surface area (Å²) in [5.74, 6) is 0.706. The van der Waals surface area contributed by atoms with Crippen molar-refractivity contribution in [1.82, 2.24) is 9.97 Å². The fourth-order valence-corrected chi connectivity index (χ4v) is 4.60. The van der Waals surface area contributed by atoms with Crippen molar-refractivity contribution in [3.05, 3.63) is 48.7 Å². The Balaban J connectivity index is 1.75. The van der Waals surface area contributed by atoms with Crippen LogP contribution in [-0.2, 0) is 13.9 Å². The van der Waals surface area contributed by atoms with E-state index in [0.29, 0.717) is 41.4 Å². The van der Waals surface area contributed by atoms with E-state index in [1.165, 1.54) is 0 Å². The van der Waals surface area contributed by atoms with Gasteiger partial charge in [-0.15, -0.1) is 0 Å². The largest absolute Gasteiger partial charge is 0.491 e. The Morgan fingerprint density at radius 2 is 1.36 bits per heavy atom. The molecule has 2 aromatic carbocycles. The molecule has 0 radical (unpaired) electrons. The second kappa shape index (κ2) is 12.4. The lowest BCUT2D eigenvalue weighted by atomic mass is 10.1. The summed E-state index contributed by atoms with van der Waals surface area (Å²) in [6.45, 7) is 22.5. The Morgan fingerprint density at radius 3 is 1.88 bits per heavy atom. The zero-order valence-corrected chi connectivity index (χ0v) is 27.8. The molecule has 0 spiro atoms. The summed E-state index contributed by atoms with van der Waals surface area (Å²) < 4.78 is 23.1. The van der Waals surface area contributed by atoms with Crippen molar-refractivity contribution in [3.8, 4) is 17.0 Å². The average Bonchev–Trinajstić information content (AvgIpc) is 2.84. The molecule has 0 saturated heterocycles.